The number of aromatic nitrogens is 2. The Labute approximate surface area is 245 Å². The van der Waals surface area contributed by atoms with Gasteiger partial charge in [-0.1, -0.05) is 6.92 Å². The van der Waals surface area contributed by atoms with Crippen LogP contribution in [0.25, 0.3) is 10.6 Å². The Hall–Kier alpha value is -2.39. The van der Waals surface area contributed by atoms with Gasteiger partial charge in [-0.05, 0) is 43.2 Å². The molecule has 41 heavy (non-hydrogen) atoms. The quantitative estimate of drug-likeness (QED) is 0.373. The van der Waals surface area contributed by atoms with E-state index < -0.39 is 21.6 Å². The van der Waals surface area contributed by atoms with Crippen LogP contribution in [-0.4, -0.2) is 78.7 Å². The van der Waals surface area contributed by atoms with E-state index in [0.29, 0.717) is 35.0 Å². The third kappa shape index (κ3) is 6.51. The van der Waals surface area contributed by atoms with Crippen LogP contribution in [0.2, 0.25) is 0 Å². The highest BCUT2D eigenvalue weighted by atomic mass is 32.2. The number of fused-ring (bicyclic) bond motifs is 1. The van der Waals surface area contributed by atoms with Crippen LogP contribution in [0, 0.1) is 0 Å². The zero-order valence-electron chi connectivity index (χ0n) is 22.7. The van der Waals surface area contributed by atoms with Crippen LogP contribution in [0.1, 0.15) is 29.9 Å². The summed E-state index contributed by atoms with van der Waals surface area (Å²) < 4.78 is 67.4. The Balaban J connectivity index is 1.45. The van der Waals surface area contributed by atoms with Crippen molar-refractivity contribution in [3.63, 3.8) is 0 Å². The number of halogens is 3. The molecule has 0 unspecified atom stereocenters. The number of aliphatic hydroxyl groups is 1. The van der Waals surface area contributed by atoms with Gasteiger partial charge in [-0.25, -0.2) is 18.4 Å². The predicted molar refractivity (Wildman–Crippen MR) is 158 cm³/mol. The first-order chi connectivity index (χ1) is 19.5. The highest BCUT2D eigenvalue weighted by Crippen LogP contribution is 2.43. The lowest BCUT2D eigenvalue weighted by atomic mass is 10.1. The van der Waals surface area contributed by atoms with Crippen LogP contribution in [-0.2, 0) is 28.2 Å². The molecule has 0 radical (unpaired) electrons. The minimum atomic E-state index is -4.71. The summed E-state index contributed by atoms with van der Waals surface area (Å²) in [6.45, 7) is 7.45. The lowest BCUT2D eigenvalue weighted by Crippen LogP contribution is -2.52. The summed E-state index contributed by atoms with van der Waals surface area (Å²) in [5.74, 6) is 0.836. The predicted octanol–water partition coefficient (Wildman–Crippen LogP) is 5.05. The molecule has 0 bridgehead atoms. The Morgan fingerprint density at radius 3 is 2.73 bits per heavy atom. The minimum absolute atomic E-state index is 0.00209. The van der Waals surface area contributed by atoms with E-state index in [2.05, 4.69) is 38.1 Å². The van der Waals surface area contributed by atoms with Gasteiger partial charge in [-0.15, -0.1) is 11.3 Å². The molecule has 2 aliphatic heterocycles. The van der Waals surface area contributed by atoms with E-state index in [0.717, 1.165) is 48.4 Å². The van der Waals surface area contributed by atoms with Crippen molar-refractivity contribution in [2.45, 2.75) is 43.1 Å². The molecule has 4 heterocycles. The van der Waals surface area contributed by atoms with Crippen molar-refractivity contribution in [2.75, 3.05) is 54.5 Å². The largest absolute Gasteiger partial charge is 0.420 e. The number of anilines is 3. The van der Waals surface area contributed by atoms with Gasteiger partial charge >= 0.3 is 6.18 Å². The highest BCUT2D eigenvalue weighted by molar-refractivity contribution is 8.00. The number of nitrogens with zero attached hydrogens (tertiary/aromatic N) is 4. The van der Waals surface area contributed by atoms with Crippen LogP contribution in [0.15, 0.2) is 35.4 Å². The molecular formula is C27H32F3N5O3S3. The molecule has 0 amide bonds. The molecule has 0 saturated carbocycles. The second-order valence-electron chi connectivity index (χ2n) is 10.1. The van der Waals surface area contributed by atoms with E-state index in [1.54, 1.807) is 0 Å². The molecule has 8 nitrogen and oxygen atoms in total. The fourth-order valence-corrected chi connectivity index (χ4v) is 10.0. The van der Waals surface area contributed by atoms with Crippen LogP contribution in [0.4, 0.5) is 30.5 Å². The van der Waals surface area contributed by atoms with Crippen molar-refractivity contribution in [1.82, 2.24) is 14.9 Å². The summed E-state index contributed by atoms with van der Waals surface area (Å²) in [5, 5.41) is 12.4. The molecule has 5 rings (SSSR count). The van der Waals surface area contributed by atoms with Crippen molar-refractivity contribution in [3.8, 4) is 10.6 Å². The number of piperazine rings is 1. The average molecular weight is 628 g/mol. The van der Waals surface area contributed by atoms with Gasteiger partial charge in [0.05, 0.1) is 27.8 Å². The number of rotatable bonds is 7. The number of hydrogen-bond acceptors (Lipinski definition) is 10. The Bertz CT molecular complexity index is 1510. The summed E-state index contributed by atoms with van der Waals surface area (Å²) in [7, 11) is -3.57. The molecule has 1 aromatic carbocycles. The number of alkyl halides is 3. The standard InChI is InChI=1S/C27H32F3N5O3S3/c1-3-18-12-19(35-7-6-34(8-9-36)15-17(35)2)4-5-21(18)32-26-31-14-20(27(28,29)30)25(33-26)22-13-24-23(40-22)16-39-10-11-41(24,37)38/h4-5,12-14,17,36H,3,6-11,15-16H2,1-2H3,(H,31,32,33)/t17-/m0/s1. The summed E-state index contributed by atoms with van der Waals surface area (Å²) in [6, 6.07) is 7.52. The van der Waals surface area contributed by atoms with E-state index in [1.807, 2.05) is 19.1 Å². The maximum absolute atomic E-state index is 14.0. The number of aryl methyl sites for hydroxylation is 1. The lowest BCUT2D eigenvalue weighted by Gasteiger charge is -2.41. The third-order valence-corrected chi connectivity index (χ3v) is 11.8. The van der Waals surface area contributed by atoms with Gasteiger partial charge in [-0.2, -0.15) is 24.9 Å². The van der Waals surface area contributed by atoms with E-state index in [4.69, 9.17) is 0 Å². The van der Waals surface area contributed by atoms with Gasteiger partial charge in [-0.3, -0.25) is 4.90 Å². The molecule has 14 heteroatoms. The molecule has 1 atom stereocenters. The van der Waals surface area contributed by atoms with Crippen LogP contribution < -0.4 is 10.2 Å². The second kappa shape index (κ2) is 12.1. The van der Waals surface area contributed by atoms with E-state index in [-0.39, 0.29) is 39.8 Å². The molecule has 0 spiro atoms. The Kier molecular flexibility index (Phi) is 8.86. The Morgan fingerprint density at radius 1 is 1.22 bits per heavy atom. The van der Waals surface area contributed by atoms with E-state index >= 15 is 0 Å². The van der Waals surface area contributed by atoms with Gasteiger partial charge in [0.25, 0.3) is 0 Å². The first-order valence-corrected chi connectivity index (χ1v) is 17.0. The molecular weight excluding hydrogens is 596 g/mol. The van der Waals surface area contributed by atoms with E-state index in [1.165, 1.54) is 17.8 Å². The van der Waals surface area contributed by atoms with Crippen molar-refractivity contribution >= 4 is 50.3 Å². The summed E-state index contributed by atoms with van der Waals surface area (Å²) in [5.41, 5.74) is 1.36. The zero-order chi connectivity index (χ0) is 29.4. The van der Waals surface area contributed by atoms with E-state index in [9.17, 15) is 26.7 Å². The number of thioether (sulfide) groups is 1. The fourth-order valence-electron chi connectivity index (χ4n) is 5.23. The van der Waals surface area contributed by atoms with Gasteiger partial charge < -0.3 is 15.3 Å². The number of hydrogen-bond donors (Lipinski definition) is 2. The lowest BCUT2D eigenvalue weighted by molar-refractivity contribution is -0.137. The maximum atomic E-state index is 14.0. The minimum Gasteiger partial charge on any atom is -0.395 e. The average Bonchev–Trinajstić information content (AvgIpc) is 3.31. The monoisotopic (exact) mass is 627 g/mol. The van der Waals surface area contributed by atoms with Crippen molar-refractivity contribution in [3.05, 3.63) is 46.5 Å². The molecule has 0 aliphatic carbocycles. The first-order valence-electron chi connectivity index (χ1n) is 13.4. The fraction of sp³-hybridized carbons (Fsp3) is 0.481. The molecule has 3 aromatic rings. The highest BCUT2D eigenvalue weighted by Gasteiger charge is 2.37. The van der Waals surface area contributed by atoms with Crippen LogP contribution in [0.3, 0.4) is 0 Å². The van der Waals surface area contributed by atoms with Gasteiger partial charge in [0, 0.05) is 66.2 Å². The molecule has 1 fully saturated rings. The van der Waals surface area contributed by atoms with Crippen LogP contribution in [0.5, 0.6) is 0 Å². The number of thiophene rings is 1. The maximum Gasteiger partial charge on any atom is 0.420 e. The number of sulfone groups is 1. The van der Waals surface area contributed by atoms with Gasteiger partial charge in [0.15, 0.2) is 9.84 Å². The number of nitrogens with one attached hydrogen (secondary N) is 1. The van der Waals surface area contributed by atoms with Gasteiger partial charge in [0.2, 0.25) is 5.95 Å². The molecule has 222 valence electrons. The Morgan fingerprint density at radius 2 is 2.02 bits per heavy atom. The summed E-state index contributed by atoms with van der Waals surface area (Å²) in [6.07, 6.45) is -3.28. The number of β-amino-alcohol motifs (C(OH)–C–C–N with tert-alkyl or cyclic N) is 1. The molecule has 2 N–H and O–H groups in total. The number of benzene rings is 1. The molecule has 2 aliphatic rings. The second-order valence-corrected chi connectivity index (χ2v) is 14.4. The number of aliphatic hydroxyl groups excluding tert-OH is 1. The molecule has 2 aromatic heterocycles. The van der Waals surface area contributed by atoms with Gasteiger partial charge in [0.1, 0.15) is 5.56 Å². The zero-order valence-corrected chi connectivity index (χ0v) is 25.2. The summed E-state index contributed by atoms with van der Waals surface area (Å²) in [4.78, 5) is 13.6. The van der Waals surface area contributed by atoms with Crippen molar-refractivity contribution in [1.29, 1.82) is 0 Å². The smallest absolute Gasteiger partial charge is 0.395 e. The van der Waals surface area contributed by atoms with Crippen molar-refractivity contribution in [2.24, 2.45) is 0 Å². The third-order valence-electron chi connectivity index (χ3n) is 7.34. The normalized spacial score (nSPS) is 19.6. The first kappa shape index (κ1) is 30.1. The SMILES string of the molecule is CCc1cc(N2CCN(CCO)C[C@@H]2C)ccc1Nc1ncc(C(F)(F)F)c(-c2cc3c(s2)CSCCS3(=O)=O)n1. The topological polar surface area (TPSA) is 98.7 Å². The van der Waals surface area contributed by atoms with Crippen LogP contribution >= 0.6 is 23.1 Å². The molecule has 1 saturated heterocycles. The van der Waals surface area contributed by atoms with Crippen molar-refractivity contribution < 1.29 is 26.7 Å². The summed E-state index contributed by atoms with van der Waals surface area (Å²) >= 11 is 2.49.